The highest BCUT2D eigenvalue weighted by Crippen LogP contribution is 2.46. The fourth-order valence-corrected chi connectivity index (χ4v) is 7.89. The van der Waals surface area contributed by atoms with Crippen molar-refractivity contribution in [2.45, 2.75) is 62.7 Å². The zero-order valence-corrected chi connectivity index (χ0v) is 26.5. The van der Waals surface area contributed by atoms with Crippen LogP contribution in [0.2, 0.25) is 10.0 Å². The number of hydrogen-bond donors (Lipinski definition) is 1. The number of amides is 1. The first-order valence-corrected chi connectivity index (χ1v) is 16.7. The number of rotatable bonds is 11. The molecule has 5 atom stereocenters. The first-order valence-electron chi connectivity index (χ1n) is 14.4. The molecule has 1 N–H and O–H groups in total. The second-order valence-electron chi connectivity index (χ2n) is 11.2. The van der Waals surface area contributed by atoms with E-state index in [0.717, 1.165) is 4.31 Å². The summed E-state index contributed by atoms with van der Waals surface area (Å²) in [6.07, 6.45) is -1.07. The van der Waals surface area contributed by atoms with Crippen LogP contribution >= 0.6 is 23.2 Å². The Morgan fingerprint density at radius 1 is 1.05 bits per heavy atom. The number of benzene rings is 3. The fourth-order valence-electron chi connectivity index (χ4n) is 5.67. The molecule has 2 fully saturated rings. The molecule has 5 rings (SSSR count). The van der Waals surface area contributed by atoms with Gasteiger partial charge in [-0.1, -0.05) is 66.5 Å². The van der Waals surface area contributed by atoms with Crippen LogP contribution in [0.1, 0.15) is 56.4 Å². The molecule has 2 aliphatic rings. The van der Waals surface area contributed by atoms with E-state index in [0.29, 0.717) is 34.0 Å². The number of carboxylic acid groups (broad SMARTS) is 1. The van der Waals surface area contributed by atoms with Gasteiger partial charge in [-0.05, 0) is 73.7 Å². The molecule has 3 aromatic rings. The van der Waals surface area contributed by atoms with Crippen LogP contribution in [0, 0.1) is 11.7 Å². The van der Waals surface area contributed by atoms with Gasteiger partial charge in [0, 0.05) is 10.0 Å². The molecule has 0 radical (unpaired) electrons. The van der Waals surface area contributed by atoms with Gasteiger partial charge >= 0.3 is 5.97 Å². The molecule has 1 aliphatic carbocycles. The number of anilines is 1. The van der Waals surface area contributed by atoms with E-state index in [-0.39, 0.29) is 18.7 Å². The number of ether oxygens (including phenoxy) is 1. The lowest BCUT2D eigenvalue weighted by atomic mass is 9.88. The van der Waals surface area contributed by atoms with Crippen molar-refractivity contribution in [1.29, 1.82) is 0 Å². The molecular formula is C32H33Cl2FN2O6S. The molecule has 1 heterocycles. The lowest BCUT2D eigenvalue weighted by Gasteiger charge is -2.49. The number of carbonyl (C=O) groups excluding carboxylic acids is 1. The summed E-state index contributed by atoms with van der Waals surface area (Å²) in [5.41, 5.74) is 1.13. The third-order valence-corrected chi connectivity index (χ3v) is 11.0. The number of aliphatic carboxylic acids is 1. The van der Waals surface area contributed by atoms with E-state index in [4.69, 9.17) is 27.9 Å². The van der Waals surface area contributed by atoms with Crippen LogP contribution in [0.3, 0.4) is 0 Å². The van der Waals surface area contributed by atoms with Gasteiger partial charge < -0.3 is 14.7 Å². The molecule has 0 bridgehead atoms. The van der Waals surface area contributed by atoms with E-state index in [9.17, 15) is 23.1 Å². The van der Waals surface area contributed by atoms with Crippen molar-refractivity contribution in [2.75, 3.05) is 10.8 Å². The van der Waals surface area contributed by atoms with Gasteiger partial charge in [-0.25, -0.2) is 12.8 Å². The van der Waals surface area contributed by atoms with Crippen molar-refractivity contribution < 1.29 is 32.2 Å². The first kappa shape index (κ1) is 32.2. The minimum atomic E-state index is -3.97. The Bertz CT molecular complexity index is 1640. The molecule has 1 amide bonds. The largest absolute Gasteiger partial charge is 0.481 e. The Kier molecular flexibility index (Phi) is 9.55. The van der Waals surface area contributed by atoms with Crippen molar-refractivity contribution >= 4 is 50.8 Å². The molecule has 234 valence electrons. The van der Waals surface area contributed by atoms with Gasteiger partial charge in [0.1, 0.15) is 18.0 Å². The summed E-state index contributed by atoms with van der Waals surface area (Å²) in [5, 5.41) is 10.2. The molecule has 1 saturated carbocycles. The third kappa shape index (κ3) is 6.44. The zero-order valence-electron chi connectivity index (χ0n) is 24.1. The number of carbonyl (C=O) groups is 2. The summed E-state index contributed by atoms with van der Waals surface area (Å²) in [6, 6.07) is 17.7. The number of para-hydroxylation sites is 1. The smallest absolute Gasteiger partial charge is 0.309 e. The minimum absolute atomic E-state index is 0.108. The monoisotopic (exact) mass is 662 g/mol. The van der Waals surface area contributed by atoms with Gasteiger partial charge in [-0.2, -0.15) is 0 Å². The topological polar surface area (TPSA) is 104 Å². The Balaban J connectivity index is 1.68. The maximum Gasteiger partial charge on any atom is 0.309 e. The van der Waals surface area contributed by atoms with E-state index in [1.807, 2.05) is 0 Å². The zero-order chi connectivity index (χ0) is 31.8. The van der Waals surface area contributed by atoms with Crippen LogP contribution in [0.4, 0.5) is 10.1 Å². The normalized spacial score (nSPS) is 22.0. The number of morpholine rings is 1. The Hall–Kier alpha value is -3.18. The van der Waals surface area contributed by atoms with Crippen LogP contribution in [0.5, 0.6) is 0 Å². The summed E-state index contributed by atoms with van der Waals surface area (Å²) in [5.74, 6) is -3.77. The quantitative estimate of drug-likeness (QED) is 0.247. The van der Waals surface area contributed by atoms with E-state index >= 15 is 4.39 Å². The van der Waals surface area contributed by atoms with Gasteiger partial charge in [-0.15, -0.1) is 0 Å². The van der Waals surface area contributed by atoms with Crippen LogP contribution in [0.25, 0.3) is 0 Å². The summed E-state index contributed by atoms with van der Waals surface area (Å²) < 4.78 is 50.1. The molecule has 44 heavy (non-hydrogen) atoms. The summed E-state index contributed by atoms with van der Waals surface area (Å²) in [7, 11) is -3.97. The van der Waals surface area contributed by atoms with Gasteiger partial charge in [0.15, 0.2) is 0 Å². The number of nitrogens with zero attached hydrogens (tertiary/aromatic N) is 2. The molecule has 3 aromatic carbocycles. The second kappa shape index (κ2) is 13.0. The predicted molar refractivity (Wildman–Crippen MR) is 167 cm³/mol. The van der Waals surface area contributed by atoms with Gasteiger partial charge in [0.2, 0.25) is 10.0 Å². The predicted octanol–water partition coefficient (Wildman–Crippen LogP) is 6.64. The van der Waals surface area contributed by atoms with Crippen molar-refractivity contribution in [1.82, 2.24) is 4.90 Å². The van der Waals surface area contributed by atoms with Crippen molar-refractivity contribution in [3.63, 3.8) is 0 Å². The number of hydrogen-bond acceptors (Lipinski definition) is 5. The maximum atomic E-state index is 15.2. The standard InChI is InChI=1S/C32H33Cl2FN2O6S/c1-3-24(18-36(44(41,42)25-15-16-25)27-10-5-4-9-26(27)35)37-28(20-11-13-22(33)14-12-20)30(21-7-6-8-23(34)17-21)43-29(31(37)38)19(2)32(39)40/h4-14,17,19,24-25,28-30H,3,15-16,18H2,1-2H3,(H,39,40)/t19-,24-,28+,29+,30+/m0/s1. The van der Waals surface area contributed by atoms with E-state index in [2.05, 4.69) is 0 Å². The Morgan fingerprint density at radius 2 is 1.73 bits per heavy atom. The van der Waals surface area contributed by atoms with Crippen LogP contribution < -0.4 is 4.31 Å². The number of carboxylic acids is 1. The van der Waals surface area contributed by atoms with Crippen molar-refractivity contribution in [2.24, 2.45) is 5.92 Å². The average molecular weight is 664 g/mol. The highest BCUT2D eigenvalue weighted by Gasteiger charge is 2.51. The highest BCUT2D eigenvalue weighted by atomic mass is 35.5. The number of sulfonamides is 1. The Labute approximate surface area is 266 Å². The molecular weight excluding hydrogens is 630 g/mol. The highest BCUT2D eigenvalue weighted by molar-refractivity contribution is 7.93. The molecule has 1 saturated heterocycles. The molecule has 0 unspecified atom stereocenters. The molecule has 1 aliphatic heterocycles. The second-order valence-corrected chi connectivity index (χ2v) is 14.2. The fraction of sp³-hybridized carbons (Fsp3) is 0.375. The molecule has 0 spiro atoms. The average Bonchev–Trinajstić information content (AvgIpc) is 3.85. The first-order chi connectivity index (χ1) is 20.9. The number of halogens is 3. The lowest BCUT2D eigenvalue weighted by Crippen LogP contribution is -2.59. The molecule has 12 heteroatoms. The summed E-state index contributed by atoms with van der Waals surface area (Å²) >= 11 is 12.6. The van der Waals surface area contributed by atoms with E-state index < -0.39 is 63.2 Å². The van der Waals surface area contributed by atoms with Crippen LogP contribution in [-0.2, 0) is 24.3 Å². The van der Waals surface area contributed by atoms with E-state index in [1.54, 1.807) is 61.5 Å². The third-order valence-electron chi connectivity index (χ3n) is 8.23. The Morgan fingerprint density at radius 3 is 2.32 bits per heavy atom. The van der Waals surface area contributed by atoms with Gasteiger partial charge in [-0.3, -0.25) is 13.9 Å². The molecule has 0 aromatic heterocycles. The van der Waals surface area contributed by atoms with Crippen molar-refractivity contribution in [3.05, 3.63) is 99.8 Å². The minimum Gasteiger partial charge on any atom is -0.481 e. The SMILES string of the molecule is CC[C@@H](CN(c1ccccc1F)S(=O)(=O)C1CC1)N1C(=O)[C@@H]([C@H](C)C(=O)O)O[C@H](c2cccc(Cl)c2)[C@H]1c1ccc(Cl)cc1. The van der Waals surface area contributed by atoms with Gasteiger partial charge in [0.05, 0.1) is 35.5 Å². The van der Waals surface area contributed by atoms with Crippen LogP contribution in [0.15, 0.2) is 72.8 Å². The van der Waals surface area contributed by atoms with Gasteiger partial charge in [0.25, 0.3) is 5.91 Å². The summed E-state index contributed by atoms with van der Waals surface area (Å²) in [4.78, 5) is 28.1. The van der Waals surface area contributed by atoms with E-state index in [1.165, 1.54) is 30.0 Å². The lowest BCUT2D eigenvalue weighted by molar-refractivity contribution is -0.190. The van der Waals surface area contributed by atoms with Crippen LogP contribution in [-0.4, -0.2) is 54.2 Å². The maximum absolute atomic E-state index is 15.2. The van der Waals surface area contributed by atoms with Crippen molar-refractivity contribution in [3.8, 4) is 0 Å². The molecule has 8 nitrogen and oxygen atoms in total. The summed E-state index contributed by atoms with van der Waals surface area (Å²) in [6.45, 7) is 2.95.